The molecule has 1 saturated carbocycles. The van der Waals surface area contributed by atoms with Gasteiger partial charge in [-0.2, -0.15) is 0 Å². The molecule has 2 N–H and O–H groups in total. The van der Waals surface area contributed by atoms with Crippen LogP contribution in [0.3, 0.4) is 0 Å². The topological polar surface area (TPSA) is 35.2 Å². The van der Waals surface area contributed by atoms with Gasteiger partial charge in [-0.25, -0.2) is 0 Å². The van der Waals surface area contributed by atoms with E-state index in [-0.39, 0.29) is 5.60 Å². The molecule has 15 heavy (non-hydrogen) atoms. The molecule has 1 fully saturated rings. The van der Waals surface area contributed by atoms with Crippen molar-refractivity contribution in [2.75, 3.05) is 6.54 Å². The lowest BCUT2D eigenvalue weighted by Crippen LogP contribution is -2.37. The average Bonchev–Trinajstić information content (AvgIpc) is 2.77. The van der Waals surface area contributed by atoms with Crippen LogP contribution < -0.4 is 5.73 Å². The van der Waals surface area contributed by atoms with Gasteiger partial charge in [-0.05, 0) is 18.4 Å². The first-order valence-corrected chi connectivity index (χ1v) is 5.73. The highest BCUT2D eigenvalue weighted by molar-refractivity contribution is 5.13. The molecule has 0 heterocycles. The van der Waals surface area contributed by atoms with Gasteiger partial charge in [0.2, 0.25) is 0 Å². The van der Waals surface area contributed by atoms with Gasteiger partial charge in [-0.3, -0.25) is 0 Å². The number of nitrogens with two attached hydrogens (primary N) is 1. The minimum atomic E-state index is -0.0319. The summed E-state index contributed by atoms with van der Waals surface area (Å²) >= 11 is 0. The van der Waals surface area contributed by atoms with Crippen LogP contribution in [0.15, 0.2) is 30.3 Å². The summed E-state index contributed by atoms with van der Waals surface area (Å²) in [6.07, 6.45) is 4.75. The van der Waals surface area contributed by atoms with Gasteiger partial charge in [0, 0.05) is 6.54 Å². The third-order valence-electron chi connectivity index (χ3n) is 3.27. The third-order valence-corrected chi connectivity index (χ3v) is 3.27. The molecule has 1 aliphatic carbocycles. The standard InChI is InChI=1S/C13H19NO/c14-11-13(8-4-5-9-13)15-10-12-6-2-1-3-7-12/h1-3,6-7H,4-5,8-11,14H2. The quantitative estimate of drug-likeness (QED) is 0.819. The highest BCUT2D eigenvalue weighted by atomic mass is 16.5. The zero-order valence-corrected chi connectivity index (χ0v) is 9.11. The number of ether oxygens (including phenoxy) is 1. The van der Waals surface area contributed by atoms with Crippen LogP contribution in [0.4, 0.5) is 0 Å². The van der Waals surface area contributed by atoms with Gasteiger partial charge in [-0.15, -0.1) is 0 Å². The van der Waals surface area contributed by atoms with Gasteiger partial charge in [0.1, 0.15) is 0 Å². The Balaban J connectivity index is 1.92. The predicted octanol–water partition coefficient (Wildman–Crippen LogP) is 2.47. The molecule has 82 valence electrons. The largest absolute Gasteiger partial charge is 0.369 e. The van der Waals surface area contributed by atoms with Crippen LogP contribution >= 0.6 is 0 Å². The van der Waals surface area contributed by atoms with E-state index in [9.17, 15) is 0 Å². The van der Waals surface area contributed by atoms with Crippen molar-refractivity contribution in [3.63, 3.8) is 0 Å². The molecule has 0 atom stereocenters. The second-order valence-corrected chi connectivity index (χ2v) is 4.37. The lowest BCUT2D eigenvalue weighted by molar-refractivity contribution is -0.0448. The van der Waals surface area contributed by atoms with Crippen LogP contribution in [0.1, 0.15) is 31.2 Å². The predicted molar refractivity (Wildman–Crippen MR) is 61.5 cm³/mol. The number of benzene rings is 1. The molecule has 0 amide bonds. The van der Waals surface area contributed by atoms with Gasteiger partial charge >= 0.3 is 0 Å². The van der Waals surface area contributed by atoms with E-state index in [4.69, 9.17) is 10.5 Å². The Labute approximate surface area is 91.4 Å². The summed E-state index contributed by atoms with van der Waals surface area (Å²) in [5, 5.41) is 0. The highest BCUT2D eigenvalue weighted by Gasteiger charge is 2.33. The summed E-state index contributed by atoms with van der Waals surface area (Å²) in [4.78, 5) is 0. The first kappa shape index (κ1) is 10.7. The molecule has 0 spiro atoms. The van der Waals surface area contributed by atoms with Gasteiger partial charge in [0.25, 0.3) is 0 Å². The summed E-state index contributed by atoms with van der Waals surface area (Å²) in [6, 6.07) is 10.3. The molecule has 0 saturated heterocycles. The molecule has 0 unspecified atom stereocenters. The molecule has 2 heteroatoms. The normalized spacial score (nSPS) is 19.3. The highest BCUT2D eigenvalue weighted by Crippen LogP contribution is 2.32. The first-order chi connectivity index (χ1) is 7.35. The van der Waals surface area contributed by atoms with Crippen LogP contribution in [0.2, 0.25) is 0 Å². The minimum absolute atomic E-state index is 0.0319. The SMILES string of the molecule is NCC1(OCc2ccccc2)CCCC1. The van der Waals surface area contributed by atoms with Crippen molar-refractivity contribution in [3.8, 4) is 0 Å². The molecule has 1 aromatic rings. The Morgan fingerprint density at radius 2 is 1.80 bits per heavy atom. The lowest BCUT2D eigenvalue weighted by Gasteiger charge is -2.27. The second-order valence-electron chi connectivity index (χ2n) is 4.37. The van der Waals surface area contributed by atoms with E-state index in [0.717, 1.165) is 12.8 Å². The smallest absolute Gasteiger partial charge is 0.0808 e. The van der Waals surface area contributed by atoms with Crippen molar-refractivity contribution in [3.05, 3.63) is 35.9 Å². The second kappa shape index (κ2) is 4.77. The lowest BCUT2D eigenvalue weighted by atomic mass is 10.0. The summed E-state index contributed by atoms with van der Waals surface area (Å²) in [7, 11) is 0. The van der Waals surface area contributed by atoms with Crippen LogP contribution in [0.5, 0.6) is 0 Å². The Bertz CT molecular complexity index is 291. The monoisotopic (exact) mass is 205 g/mol. The number of rotatable bonds is 4. The molecule has 1 aromatic carbocycles. The van der Waals surface area contributed by atoms with Crippen LogP contribution in [-0.4, -0.2) is 12.1 Å². The summed E-state index contributed by atoms with van der Waals surface area (Å²) in [5.74, 6) is 0. The van der Waals surface area contributed by atoms with Crippen LogP contribution in [0.25, 0.3) is 0 Å². The molecular weight excluding hydrogens is 186 g/mol. The summed E-state index contributed by atoms with van der Waals surface area (Å²) < 4.78 is 6.00. The summed E-state index contributed by atoms with van der Waals surface area (Å²) in [5.41, 5.74) is 7.01. The molecule has 2 rings (SSSR count). The first-order valence-electron chi connectivity index (χ1n) is 5.73. The zero-order chi connectivity index (χ0) is 10.6. The van der Waals surface area contributed by atoms with E-state index in [1.165, 1.54) is 18.4 Å². The van der Waals surface area contributed by atoms with Crippen molar-refractivity contribution >= 4 is 0 Å². The van der Waals surface area contributed by atoms with Gasteiger partial charge in [-0.1, -0.05) is 43.2 Å². The Morgan fingerprint density at radius 1 is 1.13 bits per heavy atom. The minimum Gasteiger partial charge on any atom is -0.369 e. The maximum absolute atomic E-state index is 6.00. The van der Waals surface area contributed by atoms with E-state index in [1.807, 2.05) is 18.2 Å². The number of hydrogen-bond donors (Lipinski definition) is 1. The Hall–Kier alpha value is -0.860. The fourth-order valence-corrected chi connectivity index (χ4v) is 2.24. The molecule has 0 aliphatic heterocycles. The summed E-state index contributed by atoms with van der Waals surface area (Å²) in [6.45, 7) is 1.35. The molecule has 0 bridgehead atoms. The van der Waals surface area contributed by atoms with Crippen LogP contribution in [-0.2, 0) is 11.3 Å². The average molecular weight is 205 g/mol. The fourth-order valence-electron chi connectivity index (χ4n) is 2.24. The zero-order valence-electron chi connectivity index (χ0n) is 9.11. The van der Waals surface area contributed by atoms with E-state index in [1.54, 1.807) is 0 Å². The van der Waals surface area contributed by atoms with Crippen molar-refractivity contribution in [1.29, 1.82) is 0 Å². The van der Waals surface area contributed by atoms with Crippen molar-refractivity contribution < 1.29 is 4.74 Å². The molecular formula is C13H19NO. The molecule has 1 aliphatic rings. The van der Waals surface area contributed by atoms with Crippen molar-refractivity contribution in [2.45, 2.75) is 37.9 Å². The maximum Gasteiger partial charge on any atom is 0.0808 e. The fraction of sp³-hybridized carbons (Fsp3) is 0.538. The van der Waals surface area contributed by atoms with Gasteiger partial charge in [0.15, 0.2) is 0 Å². The van der Waals surface area contributed by atoms with E-state index < -0.39 is 0 Å². The van der Waals surface area contributed by atoms with E-state index in [2.05, 4.69) is 12.1 Å². The van der Waals surface area contributed by atoms with Gasteiger partial charge < -0.3 is 10.5 Å². The van der Waals surface area contributed by atoms with Crippen molar-refractivity contribution in [1.82, 2.24) is 0 Å². The third kappa shape index (κ3) is 2.58. The Kier molecular flexibility index (Phi) is 3.39. The van der Waals surface area contributed by atoms with Crippen molar-refractivity contribution in [2.24, 2.45) is 5.73 Å². The Morgan fingerprint density at radius 3 is 2.40 bits per heavy atom. The van der Waals surface area contributed by atoms with Crippen LogP contribution in [0, 0.1) is 0 Å². The molecule has 2 nitrogen and oxygen atoms in total. The van der Waals surface area contributed by atoms with E-state index >= 15 is 0 Å². The van der Waals surface area contributed by atoms with Gasteiger partial charge in [0.05, 0.1) is 12.2 Å². The molecule has 0 radical (unpaired) electrons. The number of hydrogen-bond acceptors (Lipinski definition) is 2. The van der Waals surface area contributed by atoms with E-state index in [0.29, 0.717) is 13.2 Å². The molecule has 0 aromatic heterocycles. The maximum atomic E-state index is 6.00.